The van der Waals surface area contributed by atoms with Crippen LogP contribution in [-0.2, 0) is 13.0 Å². The highest BCUT2D eigenvalue weighted by atomic mass is 16.5. The zero-order chi connectivity index (χ0) is 9.47. The Bertz CT molecular complexity index is 331. The predicted octanol–water partition coefficient (Wildman–Crippen LogP) is 1.86. The van der Waals surface area contributed by atoms with Crippen molar-refractivity contribution < 1.29 is 4.74 Å². The molecule has 2 heteroatoms. The van der Waals surface area contributed by atoms with E-state index in [2.05, 4.69) is 19.9 Å². The number of ether oxygens (including phenoxy) is 1. The first-order valence-electron chi connectivity index (χ1n) is 4.62. The average molecular weight is 177 g/mol. The van der Waals surface area contributed by atoms with Gasteiger partial charge in [0.25, 0.3) is 0 Å². The molecular formula is C11H15NO. The summed E-state index contributed by atoms with van der Waals surface area (Å²) in [6.45, 7) is 4.82. The van der Waals surface area contributed by atoms with E-state index in [0.717, 1.165) is 12.2 Å². The van der Waals surface area contributed by atoms with Crippen molar-refractivity contribution in [3.63, 3.8) is 0 Å². The molecule has 0 aliphatic carbocycles. The van der Waals surface area contributed by atoms with Crippen LogP contribution in [0.1, 0.15) is 25.0 Å². The van der Waals surface area contributed by atoms with Crippen LogP contribution in [0, 0.1) is 0 Å². The van der Waals surface area contributed by atoms with E-state index in [0.29, 0.717) is 6.54 Å². The molecule has 2 N–H and O–H groups in total. The van der Waals surface area contributed by atoms with Crippen molar-refractivity contribution in [1.29, 1.82) is 0 Å². The van der Waals surface area contributed by atoms with Gasteiger partial charge in [0.15, 0.2) is 0 Å². The Labute approximate surface area is 78.7 Å². The van der Waals surface area contributed by atoms with E-state index in [1.165, 1.54) is 11.1 Å². The molecule has 70 valence electrons. The minimum Gasteiger partial charge on any atom is -0.487 e. The standard InChI is InChI=1S/C11H15NO/c1-11(2)6-9-5-8(7-12)3-4-10(9)13-11/h3-5H,6-7,12H2,1-2H3. The van der Waals surface area contributed by atoms with Crippen LogP contribution in [0.3, 0.4) is 0 Å². The van der Waals surface area contributed by atoms with Gasteiger partial charge in [-0.3, -0.25) is 0 Å². The van der Waals surface area contributed by atoms with Crippen LogP contribution >= 0.6 is 0 Å². The van der Waals surface area contributed by atoms with Gasteiger partial charge < -0.3 is 10.5 Å². The fourth-order valence-electron chi connectivity index (χ4n) is 1.79. The molecule has 1 aromatic carbocycles. The van der Waals surface area contributed by atoms with Crippen molar-refractivity contribution in [3.8, 4) is 5.75 Å². The molecule has 0 spiro atoms. The van der Waals surface area contributed by atoms with E-state index in [-0.39, 0.29) is 5.60 Å². The Morgan fingerprint density at radius 1 is 1.46 bits per heavy atom. The van der Waals surface area contributed by atoms with Crippen LogP contribution in [0.5, 0.6) is 5.75 Å². The highest BCUT2D eigenvalue weighted by molar-refractivity contribution is 5.41. The van der Waals surface area contributed by atoms with Gasteiger partial charge in [-0.05, 0) is 31.0 Å². The van der Waals surface area contributed by atoms with Crippen molar-refractivity contribution in [1.82, 2.24) is 0 Å². The van der Waals surface area contributed by atoms with E-state index < -0.39 is 0 Å². The van der Waals surface area contributed by atoms with E-state index in [9.17, 15) is 0 Å². The van der Waals surface area contributed by atoms with Crippen molar-refractivity contribution >= 4 is 0 Å². The Morgan fingerprint density at radius 2 is 2.23 bits per heavy atom. The third kappa shape index (κ3) is 1.54. The number of fused-ring (bicyclic) bond motifs is 1. The van der Waals surface area contributed by atoms with Gasteiger partial charge >= 0.3 is 0 Å². The van der Waals surface area contributed by atoms with Crippen LogP contribution in [-0.4, -0.2) is 5.60 Å². The second kappa shape index (κ2) is 2.74. The molecule has 0 unspecified atom stereocenters. The minimum absolute atomic E-state index is 0.0461. The summed E-state index contributed by atoms with van der Waals surface area (Å²) in [5.74, 6) is 1.02. The molecule has 13 heavy (non-hydrogen) atoms. The van der Waals surface area contributed by atoms with Gasteiger partial charge in [-0.1, -0.05) is 12.1 Å². The van der Waals surface area contributed by atoms with Crippen LogP contribution in [0.4, 0.5) is 0 Å². The van der Waals surface area contributed by atoms with E-state index >= 15 is 0 Å². The summed E-state index contributed by atoms with van der Waals surface area (Å²) in [4.78, 5) is 0. The summed E-state index contributed by atoms with van der Waals surface area (Å²) in [5, 5.41) is 0. The maximum Gasteiger partial charge on any atom is 0.123 e. The molecular weight excluding hydrogens is 162 g/mol. The summed E-state index contributed by atoms with van der Waals surface area (Å²) in [6, 6.07) is 6.19. The SMILES string of the molecule is CC1(C)Cc2cc(CN)ccc2O1. The van der Waals surface area contributed by atoms with Crippen LogP contribution in [0.2, 0.25) is 0 Å². The summed E-state index contributed by atoms with van der Waals surface area (Å²) >= 11 is 0. The molecule has 2 nitrogen and oxygen atoms in total. The first-order valence-corrected chi connectivity index (χ1v) is 4.62. The van der Waals surface area contributed by atoms with E-state index in [1.54, 1.807) is 0 Å². The first-order chi connectivity index (χ1) is 6.11. The molecule has 1 aliphatic heterocycles. The number of nitrogens with two attached hydrogens (primary N) is 1. The Balaban J connectivity index is 2.36. The predicted molar refractivity (Wildman–Crippen MR) is 52.7 cm³/mol. The monoisotopic (exact) mass is 177 g/mol. The van der Waals surface area contributed by atoms with E-state index in [4.69, 9.17) is 10.5 Å². The third-order valence-electron chi connectivity index (χ3n) is 2.36. The second-order valence-electron chi connectivity index (χ2n) is 4.18. The number of hydrogen-bond acceptors (Lipinski definition) is 2. The van der Waals surface area contributed by atoms with Gasteiger partial charge in [0.1, 0.15) is 11.4 Å². The lowest BCUT2D eigenvalue weighted by atomic mass is 10.0. The molecule has 1 aliphatic rings. The van der Waals surface area contributed by atoms with Gasteiger partial charge in [-0.15, -0.1) is 0 Å². The maximum absolute atomic E-state index is 5.75. The Kier molecular flexibility index (Phi) is 1.81. The zero-order valence-electron chi connectivity index (χ0n) is 8.13. The summed E-state index contributed by atoms with van der Waals surface area (Å²) in [6.07, 6.45) is 0.982. The third-order valence-corrected chi connectivity index (χ3v) is 2.36. The van der Waals surface area contributed by atoms with Crippen LogP contribution < -0.4 is 10.5 Å². The minimum atomic E-state index is -0.0461. The second-order valence-corrected chi connectivity index (χ2v) is 4.18. The average Bonchev–Trinajstić information content (AvgIpc) is 2.36. The van der Waals surface area contributed by atoms with Crippen molar-refractivity contribution in [2.75, 3.05) is 0 Å². The lowest BCUT2D eigenvalue weighted by Gasteiger charge is -2.16. The number of hydrogen-bond donors (Lipinski definition) is 1. The Hall–Kier alpha value is -1.02. The molecule has 0 saturated carbocycles. The summed E-state index contributed by atoms with van der Waals surface area (Å²) < 4.78 is 5.75. The molecule has 0 aromatic heterocycles. The number of rotatable bonds is 1. The van der Waals surface area contributed by atoms with Gasteiger partial charge in [0.05, 0.1) is 0 Å². The molecule has 0 bridgehead atoms. The molecule has 0 fully saturated rings. The molecule has 0 saturated heterocycles. The normalized spacial score (nSPS) is 18.1. The molecule has 2 rings (SSSR count). The van der Waals surface area contributed by atoms with Crippen molar-refractivity contribution in [2.24, 2.45) is 5.73 Å². The lowest BCUT2D eigenvalue weighted by Crippen LogP contribution is -2.24. The fraction of sp³-hybridized carbons (Fsp3) is 0.455. The summed E-state index contributed by atoms with van der Waals surface area (Å²) in [5.41, 5.74) is 7.99. The molecule has 0 atom stereocenters. The highest BCUT2D eigenvalue weighted by Gasteiger charge is 2.29. The molecule has 1 heterocycles. The van der Waals surface area contributed by atoms with Gasteiger partial charge in [-0.2, -0.15) is 0 Å². The topological polar surface area (TPSA) is 35.2 Å². The van der Waals surface area contributed by atoms with E-state index in [1.807, 2.05) is 12.1 Å². The summed E-state index contributed by atoms with van der Waals surface area (Å²) in [7, 11) is 0. The Morgan fingerprint density at radius 3 is 2.92 bits per heavy atom. The largest absolute Gasteiger partial charge is 0.487 e. The smallest absolute Gasteiger partial charge is 0.123 e. The highest BCUT2D eigenvalue weighted by Crippen LogP contribution is 2.34. The van der Waals surface area contributed by atoms with Crippen LogP contribution in [0.15, 0.2) is 18.2 Å². The quantitative estimate of drug-likeness (QED) is 0.710. The van der Waals surface area contributed by atoms with Crippen molar-refractivity contribution in [2.45, 2.75) is 32.4 Å². The molecule has 0 amide bonds. The zero-order valence-corrected chi connectivity index (χ0v) is 8.13. The lowest BCUT2D eigenvalue weighted by molar-refractivity contribution is 0.138. The molecule has 1 aromatic rings. The van der Waals surface area contributed by atoms with Gasteiger partial charge in [-0.25, -0.2) is 0 Å². The first kappa shape index (κ1) is 8.57. The van der Waals surface area contributed by atoms with Crippen molar-refractivity contribution in [3.05, 3.63) is 29.3 Å². The van der Waals surface area contributed by atoms with Crippen LogP contribution in [0.25, 0.3) is 0 Å². The van der Waals surface area contributed by atoms with Gasteiger partial charge in [0, 0.05) is 13.0 Å². The van der Waals surface area contributed by atoms with Gasteiger partial charge in [0.2, 0.25) is 0 Å². The number of benzene rings is 1. The maximum atomic E-state index is 5.75. The molecule has 0 radical (unpaired) electrons. The fourth-order valence-corrected chi connectivity index (χ4v) is 1.79.